The minimum Gasteiger partial charge on any atom is -0.448 e. The number of rotatable bonds is 1. The van der Waals surface area contributed by atoms with Crippen LogP contribution in [0.5, 0.6) is 0 Å². The third kappa shape index (κ3) is 1.62. The maximum absolute atomic E-state index is 11.5. The van der Waals surface area contributed by atoms with Gasteiger partial charge in [0.1, 0.15) is 5.52 Å². The molecule has 0 aliphatic carbocycles. The molecule has 2 rings (SSSR count). The Morgan fingerprint density at radius 3 is 2.87 bits per heavy atom. The SMILES string of the molecule is O=C(O)On1nnc2ccccc2c1=O. The highest BCUT2D eigenvalue weighted by Crippen LogP contribution is 2.02. The van der Waals surface area contributed by atoms with Crippen molar-refractivity contribution in [2.24, 2.45) is 0 Å². The largest absolute Gasteiger partial charge is 0.532 e. The van der Waals surface area contributed by atoms with Gasteiger partial charge in [-0.25, -0.2) is 4.79 Å². The zero-order chi connectivity index (χ0) is 10.8. The van der Waals surface area contributed by atoms with Gasteiger partial charge in [0, 0.05) is 0 Å². The second-order valence-corrected chi connectivity index (χ2v) is 2.64. The van der Waals surface area contributed by atoms with Crippen LogP contribution in [0.3, 0.4) is 0 Å². The zero-order valence-electron chi connectivity index (χ0n) is 7.32. The van der Waals surface area contributed by atoms with Crippen LogP contribution in [0.2, 0.25) is 0 Å². The molecule has 0 saturated heterocycles. The van der Waals surface area contributed by atoms with Crippen molar-refractivity contribution in [3.05, 3.63) is 34.6 Å². The number of nitrogens with zero attached hydrogens (tertiary/aromatic N) is 3. The van der Waals surface area contributed by atoms with Crippen molar-refractivity contribution in [1.29, 1.82) is 0 Å². The van der Waals surface area contributed by atoms with E-state index in [1.165, 1.54) is 6.07 Å². The molecule has 0 radical (unpaired) electrons. The molecule has 7 nitrogen and oxygen atoms in total. The molecule has 0 aliphatic rings. The number of hydrogen-bond donors (Lipinski definition) is 1. The normalized spacial score (nSPS) is 10.1. The molecule has 76 valence electrons. The summed E-state index contributed by atoms with van der Waals surface area (Å²) in [6.45, 7) is 0. The van der Waals surface area contributed by atoms with Gasteiger partial charge in [-0.2, -0.15) is 0 Å². The van der Waals surface area contributed by atoms with Crippen LogP contribution in [-0.4, -0.2) is 26.4 Å². The first-order valence-electron chi connectivity index (χ1n) is 3.94. The van der Waals surface area contributed by atoms with Crippen molar-refractivity contribution in [3.8, 4) is 0 Å². The van der Waals surface area contributed by atoms with Gasteiger partial charge in [-0.15, -0.1) is 5.10 Å². The second kappa shape index (κ2) is 3.37. The van der Waals surface area contributed by atoms with Gasteiger partial charge >= 0.3 is 11.7 Å². The summed E-state index contributed by atoms with van der Waals surface area (Å²) in [7, 11) is 0. The average Bonchev–Trinajstić information content (AvgIpc) is 2.22. The van der Waals surface area contributed by atoms with E-state index in [1.807, 2.05) is 0 Å². The van der Waals surface area contributed by atoms with Crippen LogP contribution in [0.25, 0.3) is 10.9 Å². The number of aromatic nitrogens is 3. The lowest BCUT2D eigenvalue weighted by Crippen LogP contribution is -2.32. The third-order valence-electron chi connectivity index (χ3n) is 1.71. The summed E-state index contributed by atoms with van der Waals surface area (Å²) in [6.07, 6.45) is -1.62. The maximum Gasteiger partial charge on any atom is 0.532 e. The van der Waals surface area contributed by atoms with E-state index in [-0.39, 0.29) is 5.39 Å². The molecule has 2 aromatic rings. The lowest BCUT2D eigenvalue weighted by molar-refractivity contribution is 0.0597. The van der Waals surface area contributed by atoms with Crippen LogP contribution < -0.4 is 10.4 Å². The molecule has 0 spiro atoms. The highest BCUT2D eigenvalue weighted by molar-refractivity contribution is 5.76. The highest BCUT2D eigenvalue weighted by Gasteiger charge is 2.08. The molecule has 0 saturated carbocycles. The first-order chi connectivity index (χ1) is 7.18. The Kier molecular flexibility index (Phi) is 2.05. The number of hydrogen-bond acceptors (Lipinski definition) is 5. The predicted octanol–water partition coefficient (Wildman–Crippen LogP) is -0.102. The molecule has 1 aromatic heterocycles. The van der Waals surface area contributed by atoms with E-state index in [2.05, 4.69) is 15.1 Å². The van der Waals surface area contributed by atoms with Crippen LogP contribution in [0.15, 0.2) is 29.1 Å². The van der Waals surface area contributed by atoms with Gasteiger partial charge in [-0.05, 0) is 22.2 Å². The van der Waals surface area contributed by atoms with Gasteiger partial charge in [0.15, 0.2) is 0 Å². The van der Waals surface area contributed by atoms with Gasteiger partial charge in [0.05, 0.1) is 5.39 Å². The Hall–Kier alpha value is -2.44. The minimum absolute atomic E-state index is 0.244. The summed E-state index contributed by atoms with van der Waals surface area (Å²) in [6, 6.07) is 6.43. The standard InChI is InChI=1S/C8H5N3O4/c12-7-5-3-1-2-4-6(5)9-10-11(7)15-8(13)14/h1-4H,(H,13,14). The summed E-state index contributed by atoms with van der Waals surface area (Å²) >= 11 is 0. The third-order valence-corrected chi connectivity index (χ3v) is 1.71. The molecule has 1 heterocycles. The van der Waals surface area contributed by atoms with Crippen molar-refractivity contribution >= 4 is 17.1 Å². The van der Waals surface area contributed by atoms with Crippen molar-refractivity contribution in [1.82, 2.24) is 15.2 Å². The van der Waals surface area contributed by atoms with Gasteiger partial charge in [0.2, 0.25) is 0 Å². The molecule has 1 aromatic carbocycles. The van der Waals surface area contributed by atoms with Gasteiger partial charge < -0.3 is 5.11 Å². The predicted molar refractivity (Wildman–Crippen MR) is 48.4 cm³/mol. The van der Waals surface area contributed by atoms with E-state index in [1.54, 1.807) is 18.2 Å². The van der Waals surface area contributed by atoms with E-state index < -0.39 is 11.7 Å². The molecule has 0 fully saturated rings. The zero-order valence-corrected chi connectivity index (χ0v) is 7.32. The lowest BCUT2D eigenvalue weighted by Gasteiger charge is -2.00. The number of carbonyl (C=O) groups is 1. The van der Waals surface area contributed by atoms with Crippen molar-refractivity contribution < 1.29 is 14.7 Å². The van der Waals surface area contributed by atoms with Crippen molar-refractivity contribution in [3.63, 3.8) is 0 Å². The Bertz CT molecular complexity index is 577. The monoisotopic (exact) mass is 207 g/mol. The topological polar surface area (TPSA) is 94.3 Å². The molecule has 0 bridgehead atoms. The quantitative estimate of drug-likeness (QED) is 0.656. The summed E-state index contributed by atoms with van der Waals surface area (Å²) < 4.78 is 0. The van der Waals surface area contributed by atoms with Crippen molar-refractivity contribution in [2.45, 2.75) is 0 Å². The number of carboxylic acid groups (broad SMARTS) is 1. The number of fused-ring (bicyclic) bond motifs is 1. The molecule has 0 unspecified atom stereocenters. The molecular formula is C8H5N3O4. The van der Waals surface area contributed by atoms with Crippen LogP contribution in [-0.2, 0) is 0 Å². The summed E-state index contributed by atoms with van der Waals surface area (Å²) in [5, 5.41) is 15.5. The Morgan fingerprint density at radius 1 is 1.40 bits per heavy atom. The Labute approximate surface area is 82.5 Å². The molecule has 0 atom stereocenters. The summed E-state index contributed by atoms with van der Waals surface area (Å²) in [4.78, 5) is 26.2. The molecule has 15 heavy (non-hydrogen) atoms. The average molecular weight is 207 g/mol. The molecule has 7 heteroatoms. The fourth-order valence-corrected chi connectivity index (χ4v) is 1.11. The van der Waals surface area contributed by atoms with Crippen molar-refractivity contribution in [2.75, 3.05) is 0 Å². The lowest BCUT2D eigenvalue weighted by atomic mass is 10.2. The van der Waals surface area contributed by atoms with Crippen LogP contribution in [0.4, 0.5) is 4.79 Å². The Morgan fingerprint density at radius 2 is 2.13 bits per heavy atom. The fraction of sp³-hybridized carbons (Fsp3) is 0. The van der Waals surface area contributed by atoms with Gasteiger partial charge in [-0.1, -0.05) is 12.1 Å². The molecule has 1 N–H and O–H groups in total. The first kappa shape index (κ1) is 9.13. The molecular weight excluding hydrogens is 202 g/mol. The summed E-state index contributed by atoms with van der Waals surface area (Å²) in [5.41, 5.74) is -0.282. The van der Waals surface area contributed by atoms with E-state index in [0.717, 1.165) is 0 Å². The number of benzene rings is 1. The Balaban J connectivity index is 2.65. The maximum atomic E-state index is 11.5. The summed E-state index contributed by atoms with van der Waals surface area (Å²) in [5.74, 6) is 0. The molecule has 0 aliphatic heterocycles. The van der Waals surface area contributed by atoms with Gasteiger partial charge in [0.25, 0.3) is 0 Å². The van der Waals surface area contributed by atoms with E-state index in [9.17, 15) is 9.59 Å². The highest BCUT2D eigenvalue weighted by atomic mass is 16.8. The van der Waals surface area contributed by atoms with E-state index in [4.69, 9.17) is 5.11 Å². The van der Waals surface area contributed by atoms with Crippen LogP contribution >= 0.6 is 0 Å². The second-order valence-electron chi connectivity index (χ2n) is 2.64. The van der Waals surface area contributed by atoms with Crippen LogP contribution in [0, 0.1) is 0 Å². The minimum atomic E-state index is -1.62. The molecule has 0 amide bonds. The van der Waals surface area contributed by atoms with E-state index >= 15 is 0 Å². The first-order valence-corrected chi connectivity index (χ1v) is 3.94. The smallest absolute Gasteiger partial charge is 0.448 e. The fourth-order valence-electron chi connectivity index (χ4n) is 1.11. The van der Waals surface area contributed by atoms with E-state index in [0.29, 0.717) is 10.4 Å². The van der Waals surface area contributed by atoms with Gasteiger partial charge in [-0.3, -0.25) is 9.63 Å². The van der Waals surface area contributed by atoms with Crippen LogP contribution in [0.1, 0.15) is 0 Å².